The number of halogens is 2. The van der Waals surface area contributed by atoms with Crippen LogP contribution in [0.1, 0.15) is 48.2 Å². The van der Waals surface area contributed by atoms with E-state index in [1.165, 1.54) is 6.07 Å². The Bertz CT molecular complexity index is 1490. The molecule has 1 aromatic carbocycles. The van der Waals surface area contributed by atoms with Crippen LogP contribution >= 0.6 is 0 Å². The van der Waals surface area contributed by atoms with Crippen molar-refractivity contribution in [2.75, 3.05) is 11.9 Å². The average Bonchev–Trinajstić information content (AvgIpc) is 3.31. The standard InChI is InChI=1S/C15H16F2N4O.C14H15N3O/c1-3-18-12-8-11(5-4-10(12)2)19-14-6-7-15(21-20-14)22-9-13(16)17;1-5-12-8-10(3)17(16-12)14-13(11(4)18)7-6-9(2)15-14/h3-8,13H,9H2,1-2H3,(H,19,20);1,6-8,11,18H,2-4H3. The number of pyridine rings is 1. The Morgan fingerprint density at radius 1 is 1.12 bits per heavy atom. The van der Waals surface area contributed by atoms with Crippen LogP contribution in [-0.2, 0) is 0 Å². The van der Waals surface area contributed by atoms with Gasteiger partial charge in [0.05, 0.1) is 11.8 Å². The van der Waals surface area contributed by atoms with Crippen molar-refractivity contribution in [1.29, 1.82) is 0 Å². The first-order valence-electron chi connectivity index (χ1n) is 12.4. The molecule has 0 saturated heterocycles. The molecule has 4 aromatic rings. The molecule has 2 N–H and O–H groups in total. The zero-order chi connectivity index (χ0) is 29.2. The Morgan fingerprint density at radius 3 is 2.50 bits per heavy atom. The van der Waals surface area contributed by atoms with Crippen LogP contribution in [0.5, 0.6) is 5.88 Å². The maximum absolute atomic E-state index is 12.0. The molecule has 3 heterocycles. The highest BCUT2D eigenvalue weighted by Gasteiger charge is 2.14. The van der Waals surface area contributed by atoms with Gasteiger partial charge in [-0.1, -0.05) is 12.1 Å². The van der Waals surface area contributed by atoms with Gasteiger partial charge in [0.1, 0.15) is 5.69 Å². The largest absolute Gasteiger partial charge is 0.471 e. The van der Waals surface area contributed by atoms with Crippen molar-refractivity contribution in [1.82, 2.24) is 25.0 Å². The third-order valence-corrected chi connectivity index (χ3v) is 5.48. The smallest absolute Gasteiger partial charge is 0.272 e. The molecule has 11 heteroatoms. The highest BCUT2D eigenvalue weighted by Crippen LogP contribution is 2.25. The number of nitrogens with one attached hydrogen (secondary N) is 1. The number of aliphatic hydroxyl groups excluding tert-OH is 1. The van der Waals surface area contributed by atoms with Crippen LogP contribution < -0.4 is 10.1 Å². The van der Waals surface area contributed by atoms with E-state index >= 15 is 0 Å². The summed E-state index contributed by atoms with van der Waals surface area (Å²) in [7, 11) is 0. The van der Waals surface area contributed by atoms with E-state index in [2.05, 4.69) is 36.5 Å². The van der Waals surface area contributed by atoms with Crippen LogP contribution in [0.25, 0.3) is 5.82 Å². The molecule has 40 heavy (non-hydrogen) atoms. The van der Waals surface area contributed by atoms with Crippen molar-refractivity contribution in [2.45, 2.75) is 47.1 Å². The van der Waals surface area contributed by atoms with E-state index in [4.69, 9.17) is 11.2 Å². The summed E-state index contributed by atoms with van der Waals surface area (Å²) in [5, 5.41) is 24.8. The van der Waals surface area contributed by atoms with Gasteiger partial charge in [-0.25, -0.2) is 18.4 Å². The molecule has 0 aliphatic rings. The van der Waals surface area contributed by atoms with Crippen molar-refractivity contribution in [2.24, 2.45) is 4.99 Å². The van der Waals surface area contributed by atoms with Crippen molar-refractivity contribution < 1.29 is 18.6 Å². The summed E-state index contributed by atoms with van der Waals surface area (Å²) in [4.78, 5) is 8.72. The maximum Gasteiger partial charge on any atom is 0.272 e. The van der Waals surface area contributed by atoms with Gasteiger partial charge in [0.15, 0.2) is 18.2 Å². The first-order valence-corrected chi connectivity index (χ1v) is 12.4. The first kappa shape index (κ1) is 29.9. The lowest BCUT2D eigenvalue weighted by Crippen LogP contribution is -2.09. The van der Waals surface area contributed by atoms with Crippen molar-refractivity contribution in [3.8, 4) is 24.0 Å². The number of ether oxygens (including phenoxy) is 1. The fourth-order valence-electron chi connectivity index (χ4n) is 3.53. The maximum atomic E-state index is 12.0. The van der Waals surface area contributed by atoms with Crippen LogP contribution in [-0.4, -0.2) is 49.3 Å². The minimum Gasteiger partial charge on any atom is -0.471 e. The molecular formula is C29H31F2N7O2. The molecule has 208 valence electrons. The molecule has 3 aromatic heterocycles. The topological polar surface area (TPSA) is 110 Å². The van der Waals surface area contributed by atoms with E-state index in [1.807, 2.05) is 64.1 Å². The van der Waals surface area contributed by atoms with Gasteiger partial charge in [0.25, 0.3) is 6.43 Å². The number of aliphatic hydroxyl groups is 1. The molecule has 1 unspecified atom stereocenters. The van der Waals surface area contributed by atoms with Crippen LogP contribution in [0.2, 0.25) is 0 Å². The molecule has 0 bridgehead atoms. The number of aromatic nitrogens is 5. The quantitative estimate of drug-likeness (QED) is 0.211. The number of hydrogen-bond donors (Lipinski definition) is 2. The summed E-state index contributed by atoms with van der Waals surface area (Å²) < 4.78 is 30.5. The summed E-state index contributed by atoms with van der Waals surface area (Å²) in [6.07, 6.45) is 3.92. The van der Waals surface area contributed by atoms with Gasteiger partial charge in [-0.05, 0) is 76.4 Å². The zero-order valence-corrected chi connectivity index (χ0v) is 22.9. The lowest BCUT2D eigenvalue weighted by molar-refractivity contribution is 0.0791. The second-order valence-electron chi connectivity index (χ2n) is 8.74. The summed E-state index contributed by atoms with van der Waals surface area (Å²) in [5.74, 6) is 3.67. The van der Waals surface area contributed by atoms with Crippen LogP contribution in [0.4, 0.5) is 26.0 Å². The predicted octanol–water partition coefficient (Wildman–Crippen LogP) is 5.81. The number of hydrogen-bond acceptors (Lipinski definition) is 8. The number of terminal acetylenes is 1. The van der Waals surface area contributed by atoms with E-state index in [9.17, 15) is 13.9 Å². The van der Waals surface area contributed by atoms with Gasteiger partial charge in [-0.2, -0.15) is 5.10 Å². The second kappa shape index (κ2) is 13.9. The molecule has 1 atom stereocenters. The van der Waals surface area contributed by atoms with E-state index in [0.29, 0.717) is 17.3 Å². The third kappa shape index (κ3) is 8.15. The minimum atomic E-state index is -2.54. The van der Waals surface area contributed by atoms with Gasteiger partial charge >= 0.3 is 0 Å². The third-order valence-electron chi connectivity index (χ3n) is 5.48. The number of benzene rings is 1. The van der Waals surface area contributed by atoms with Crippen molar-refractivity contribution in [3.63, 3.8) is 0 Å². The number of anilines is 2. The average molecular weight is 548 g/mol. The Balaban J connectivity index is 0.000000225. The number of aliphatic imine (C=N–C) groups is 1. The van der Waals surface area contributed by atoms with Crippen LogP contribution in [0.3, 0.4) is 0 Å². The normalized spacial score (nSPS) is 11.6. The monoisotopic (exact) mass is 547 g/mol. The van der Waals surface area contributed by atoms with Crippen molar-refractivity contribution >= 4 is 23.4 Å². The van der Waals surface area contributed by atoms with Gasteiger partial charge in [-0.15, -0.1) is 16.6 Å². The van der Waals surface area contributed by atoms with Gasteiger partial charge < -0.3 is 15.2 Å². The number of alkyl halides is 2. The number of aryl methyl sites for hydroxylation is 3. The molecule has 0 saturated carbocycles. The van der Waals surface area contributed by atoms with Crippen LogP contribution in [0, 0.1) is 33.1 Å². The Kier molecular flexibility index (Phi) is 10.4. The van der Waals surface area contributed by atoms with E-state index < -0.39 is 19.1 Å². The number of nitrogens with zero attached hydrogens (tertiary/aromatic N) is 6. The molecule has 0 amide bonds. The number of rotatable bonds is 8. The molecule has 4 rings (SSSR count). The zero-order valence-electron chi connectivity index (χ0n) is 22.9. The Hall–Kier alpha value is -4.69. The lowest BCUT2D eigenvalue weighted by Gasteiger charge is -2.12. The van der Waals surface area contributed by atoms with Crippen molar-refractivity contribution in [3.05, 3.63) is 76.7 Å². The molecule has 0 spiro atoms. The minimum absolute atomic E-state index is 0.0611. The SMILES string of the molecule is C#Cc1cc(C)n(-c2nc(C)ccc2C(C)O)n1.CC=Nc1cc(Nc2ccc(OCC(F)F)nn2)ccc1C. The summed E-state index contributed by atoms with van der Waals surface area (Å²) in [6, 6.07) is 14.4. The van der Waals surface area contributed by atoms with Crippen LogP contribution in [0.15, 0.2) is 53.5 Å². The van der Waals surface area contributed by atoms with E-state index in [1.54, 1.807) is 23.9 Å². The van der Waals surface area contributed by atoms with E-state index in [-0.39, 0.29) is 5.88 Å². The molecule has 9 nitrogen and oxygen atoms in total. The lowest BCUT2D eigenvalue weighted by atomic mass is 10.1. The van der Waals surface area contributed by atoms with Gasteiger partial charge in [0.2, 0.25) is 5.88 Å². The summed E-state index contributed by atoms with van der Waals surface area (Å²) in [6.45, 7) is 8.64. The fraction of sp³-hybridized carbons (Fsp3) is 0.276. The molecule has 0 aliphatic carbocycles. The highest BCUT2D eigenvalue weighted by molar-refractivity contribution is 5.68. The highest BCUT2D eigenvalue weighted by atomic mass is 19.3. The molecule has 0 fully saturated rings. The van der Waals surface area contributed by atoms with Gasteiger partial charge in [0, 0.05) is 34.9 Å². The Labute approximate surface area is 232 Å². The summed E-state index contributed by atoms with van der Waals surface area (Å²) in [5.41, 5.74) is 5.78. The van der Waals surface area contributed by atoms with E-state index in [0.717, 1.165) is 33.9 Å². The molecular weight excluding hydrogens is 516 g/mol. The predicted molar refractivity (Wildman–Crippen MR) is 151 cm³/mol. The molecule has 0 radical (unpaired) electrons. The Morgan fingerprint density at radius 2 is 1.90 bits per heavy atom. The second-order valence-corrected chi connectivity index (χ2v) is 8.74. The first-order chi connectivity index (χ1) is 19.1. The fourth-order valence-corrected chi connectivity index (χ4v) is 3.53. The summed E-state index contributed by atoms with van der Waals surface area (Å²) >= 11 is 0. The molecule has 0 aliphatic heterocycles. The van der Waals surface area contributed by atoms with Gasteiger partial charge in [-0.3, -0.25) is 4.99 Å².